The third-order valence-electron chi connectivity index (χ3n) is 3.84. The second-order valence-corrected chi connectivity index (χ2v) is 6.73. The average Bonchev–Trinajstić information content (AvgIpc) is 3.14. The van der Waals surface area contributed by atoms with Gasteiger partial charge in [-0.05, 0) is 42.3 Å². The first kappa shape index (κ1) is 19.9. The molecule has 3 aromatic rings. The highest BCUT2D eigenvalue weighted by molar-refractivity contribution is 7.07. The van der Waals surface area contributed by atoms with Crippen molar-refractivity contribution in [1.82, 2.24) is 14.7 Å². The second kappa shape index (κ2) is 9.91. The molecular formula is C20H20FN3O3S. The molecule has 0 radical (unpaired) electrons. The highest BCUT2D eigenvalue weighted by atomic mass is 32.1. The molecule has 1 heterocycles. The Morgan fingerprint density at radius 1 is 1.21 bits per heavy atom. The third-order valence-corrected chi connectivity index (χ3v) is 4.47. The summed E-state index contributed by atoms with van der Waals surface area (Å²) in [4.78, 5) is 16.5. The fourth-order valence-electron chi connectivity index (χ4n) is 2.46. The number of nitrogens with zero attached hydrogens (tertiary/aromatic N) is 2. The molecule has 0 unspecified atom stereocenters. The number of hydrogen-bond acceptors (Lipinski definition) is 6. The SMILES string of the molecule is COCCCNC(=O)c1cccc(Oc2nc(Cc3ccc(F)cc3)ns2)c1. The van der Waals surface area contributed by atoms with Crippen LogP contribution in [0.2, 0.25) is 0 Å². The zero-order valence-electron chi connectivity index (χ0n) is 15.4. The Morgan fingerprint density at radius 2 is 2.04 bits per heavy atom. The van der Waals surface area contributed by atoms with E-state index in [2.05, 4.69) is 14.7 Å². The number of halogens is 1. The average molecular weight is 401 g/mol. The van der Waals surface area contributed by atoms with E-state index in [9.17, 15) is 9.18 Å². The highest BCUT2D eigenvalue weighted by Gasteiger charge is 2.10. The lowest BCUT2D eigenvalue weighted by Gasteiger charge is -2.06. The number of aromatic nitrogens is 2. The standard InChI is InChI=1S/C20H20FN3O3S/c1-26-11-3-10-22-19(25)15-4-2-5-17(13-15)27-20-23-18(24-28-20)12-14-6-8-16(21)9-7-14/h2,4-9,13H,3,10-12H2,1H3,(H,22,25). The topological polar surface area (TPSA) is 73.3 Å². The first-order valence-corrected chi connectivity index (χ1v) is 9.53. The van der Waals surface area contributed by atoms with Gasteiger partial charge in [-0.3, -0.25) is 4.79 Å². The molecule has 146 valence electrons. The van der Waals surface area contributed by atoms with E-state index < -0.39 is 0 Å². The number of benzene rings is 2. The van der Waals surface area contributed by atoms with Crippen molar-refractivity contribution in [2.75, 3.05) is 20.3 Å². The van der Waals surface area contributed by atoms with Crippen LogP contribution in [-0.4, -0.2) is 35.5 Å². The van der Waals surface area contributed by atoms with Crippen LogP contribution in [0, 0.1) is 5.82 Å². The Balaban J connectivity index is 1.59. The lowest BCUT2D eigenvalue weighted by molar-refractivity contribution is 0.0948. The Kier molecular flexibility index (Phi) is 7.05. The largest absolute Gasteiger partial charge is 0.430 e. The summed E-state index contributed by atoms with van der Waals surface area (Å²) >= 11 is 1.13. The number of hydrogen-bond donors (Lipinski definition) is 1. The number of methoxy groups -OCH3 is 1. The molecule has 1 amide bonds. The van der Waals surface area contributed by atoms with Crippen LogP contribution >= 0.6 is 11.5 Å². The summed E-state index contributed by atoms with van der Waals surface area (Å²) in [5, 5.41) is 3.22. The molecule has 28 heavy (non-hydrogen) atoms. The Morgan fingerprint density at radius 3 is 2.82 bits per heavy atom. The van der Waals surface area contributed by atoms with Gasteiger partial charge in [-0.15, -0.1) is 0 Å². The molecule has 0 spiro atoms. The molecule has 6 nitrogen and oxygen atoms in total. The molecule has 0 aliphatic rings. The van der Waals surface area contributed by atoms with Crippen molar-refractivity contribution in [1.29, 1.82) is 0 Å². The number of ether oxygens (including phenoxy) is 2. The van der Waals surface area contributed by atoms with E-state index in [1.54, 1.807) is 43.5 Å². The minimum absolute atomic E-state index is 0.171. The zero-order valence-corrected chi connectivity index (χ0v) is 16.2. The van der Waals surface area contributed by atoms with Gasteiger partial charge in [-0.25, -0.2) is 4.39 Å². The van der Waals surface area contributed by atoms with E-state index >= 15 is 0 Å². The molecule has 0 aliphatic heterocycles. The summed E-state index contributed by atoms with van der Waals surface area (Å²) in [6, 6.07) is 13.1. The summed E-state index contributed by atoms with van der Waals surface area (Å²) in [6.07, 6.45) is 1.24. The van der Waals surface area contributed by atoms with Crippen LogP contribution in [0.15, 0.2) is 48.5 Å². The second-order valence-electron chi connectivity index (χ2n) is 6.01. The first-order valence-electron chi connectivity index (χ1n) is 8.76. The van der Waals surface area contributed by atoms with Gasteiger partial charge in [-0.2, -0.15) is 9.36 Å². The van der Waals surface area contributed by atoms with Gasteiger partial charge in [0.2, 0.25) is 0 Å². The van der Waals surface area contributed by atoms with E-state index in [1.807, 2.05) is 0 Å². The monoisotopic (exact) mass is 401 g/mol. The fourth-order valence-corrected chi connectivity index (χ4v) is 3.03. The van der Waals surface area contributed by atoms with Gasteiger partial charge in [0.1, 0.15) is 11.6 Å². The molecule has 8 heteroatoms. The zero-order chi connectivity index (χ0) is 19.8. The van der Waals surface area contributed by atoms with Crippen molar-refractivity contribution in [2.24, 2.45) is 0 Å². The van der Waals surface area contributed by atoms with E-state index in [4.69, 9.17) is 9.47 Å². The number of rotatable bonds is 9. The van der Waals surface area contributed by atoms with Gasteiger partial charge in [0.15, 0.2) is 5.82 Å². The van der Waals surface area contributed by atoms with Crippen LogP contribution in [0.4, 0.5) is 4.39 Å². The third kappa shape index (κ3) is 5.83. The van der Waals surface area contributed by atoms with Crippen molar-refractivity contribution >= 4 is 17.4 Å². The molecule has 0 aliphatic carbocycles. The molecule has 0 saturated carbocycles. The van der Waals surface area contributed by atoms with Crippen molar-refractivity contribution in [3.8, 4) is 10.9 Å². The summed E-state index contributed by atoms with van der Waals surface area (Å²) in [5.74, 6) is 0.658. The van der Waals surface area contributed by atoms with Gasteiger partial charge in [0, 0.05) is 43.8 Å². The maximum Gasteiger partial charge on any atom is 0.298 e. The van der Waals surface area contributed by atoms with Crippen LogP contribution < -0.4 is 10.1 Å². The normalized spacial score (nSPS) is 10.6. The predicted molar refractivity (Wildman–Crippen MR) is 104 cm³/mol. The van der Waals surface area contributed by atoms with Crippen LogP contribution in [-0.2, 0) is 11.2 Å². The minimum Gasteiger partial charge on any atom is -0.430 e. The molecule has 0 bridgehead atoms. The van der Waals surface area contributed by atoms with Crippen molar-refractivity contribution in [2.45, 2.75) is 12.8 Å². The lowest BCUT2D eigenvalue weighted by atomic mass is 10.1. The molecule has 1 N–H and O–H groups in total. The number of nitrogens with one attached hydrogen (secondary N) is 1. The maximum absolute atomic E-state index is 13.0. The molecule has 0 saturated heterocycles. The Hall–Kier alpha value is -2.84. The molecule has 3 rings (SSSR count). The van der Waals surface area contributed by atoms with Crippen molar-refractivity contribution in [3.05, 3.63) is 71.3 Å². The molecule has 0 atom stereocenters. The minimum atomic E-state index is -0.276. The summed E-state index contributed by atoms with van der Waals surface area (Å²) in [7, 11) is 1.63. The summed E-state index contributed by atoms with van der Waals surface area (Å²) < 4.78 is 27.9. The van der Waals surface area contributed by atoms with Gasteiger partial charge in [0.05, 0.1) is 0 Å². The number of amides is 1. The van der Waals surface area contributed by atoms with Gasteiger partial charge in [0.25, 0.3) is 11.1 Å². The number of carbonyl (C=O) groups is 1. The van der Waals surface area contributed by atoms with Crippen molar-refractivity contribution < 1.29 is 18.7 Å². The first-order chi connectivity index (χ1) is 13.6. The maximum atomic E-state index is 13.0. The van der Waals surface area contributed by atoms with Gasteiger partial charge < -0.3 is 14.8 Å². The summed E-state index contributed by atoms with van der Waals surface area (Å²) in [6.45, 7) is 1.14. The van der Waals surface area contributed by atoms with Crippen LogP contribution in [0.5, 0.6) is 10.9 Å². The molecule has 2 aromatic carbocycles. The summed E-state index contributed by atoms with van der Waals surface area (Å²) in [5.41, 5.74) is 1.42. The fraction of sp³-hybridized carbons (Fsp3) is 0.250. The lowest BCUT2D eigenvalue weighted by Crippen LogP contribution is -2.25. The Labute approximate surface area is 166 Å². The van der Waals surface area contributed by atoms with Crippen LogP contribution in [0.3, 0.4) is 0 Å². The highest BCUT2D eigenvalue weighted by Crippen LogP contribution is 2.24. The Bertz CT molecular complexity index is 915. The van der Waals surface area contributed by atoms with E-state index in [1.165, 1.54) is 12.1 Å². The molecule has 0 fully saturated rings. The van der Waals surface area contributed by atoms with E-state index in [0.717, 1.165) is 23.5 Å². The quantitative estimate of drug-likeness (QED) is 0.552. The smallest absolute Gasteiger partial charge is 0.298 e. The van der Waals surface area contributed by atoms with Crippen molar-refractivity contribution in [3.63, 3.8) is 0 Å². The predicted octanol–water partition coefficient (Wildman–Crippen LogP) is 3.83. The van der Waals surface area contributed by atoms with Crippen LogP contribution in [0.1, 0.15) is 28.2 Å². The van der Waals surface area contributed by atoms with Crippen LogP contribution in [0.25, 0.3) is 0 Å². The van der Waals surface area contributed by atoms with Gasteiger partial charge in [-0.1, -0.05) is 18.2 Å². The van der Waals surface area contributed by atoms with E-state index in [0.29, 0.717) is 41.9 Å². The molecule has 1 aromatic heterocycles. The van der Waals surface area contributed by atoms with E-state index in [-0.39, 0.29) is 11.7 Å². The van der Waals surface area contributed by atoms with Gasteiger partial charge >= 0.3 is 0 Å². The number of carbonyl (C=O) groups excluding carboxylic acids is 1. The molecular weight excluding hydrogens is 381 g/mol.